The van der Waals surface area contributed by atoms with Crippen molar-refractivity contribution in [2.45, 2.75) is 39.7 Å². The minimum absolute atomic E-state index is 0.0966. The number of hydrogen-bond donors (Lipinski definition) is 2. The van der Waals surface area contributed by atoms with Crippen molar-refractivity contribution in [3.05, 3.63) is 28.8 Å². The average Bonchev–Trinajstić information content (AvgIpc) is 2.11. The molecule has 0 aliphatic heterocycles. The summed E-state index contributed by atoms with van der Waals surface area (Å²) in [6.45, 7) is 6.02. The van der Waals surface area contributed by atoms with Gasteiger partial charge in [0, 0.05) is 6.04 Å². The average molecular weight is 193 g/mol. The fourth-order valence-corrected chi connectivity index (χ4v) is 1.69. The van der Waals surface area contributed by atoms with Crippen LogP contribution in [0.15, 0.2) is 12.1 Å². The highest BCUT2D eigenvalue weighted by molar-refractivity contribution is 5.41. The highest BCUT2D eigenvalue weighted by Gasteiger charge is 2.10. The third kappa shape index (κ3) is 2.26. The maximum atomic E-state index is 9.50. The zero-order valence-electron chi connectivity index (χ0n) is 9.17. The SMILES string of the molecule is CCCC(N)c1cc(C)c(O)cc1C. The molecule has 0 aliphatic carbocycles. The lowest BCUT2D eigenvalue weighted by molar-refractivity contribution is 0.469. The van der Waals surface area contributed by atoms with E-state index >= 15 is 0 Å². The Labute approximate surface area is 85.8 Å². The van der Waals surface area contributed by atoms with E-state index < -0.39 is 0 Å². The van der Waals surface area contributed by atoms with Crippen molar-refractivity contribution in [1.82, 2.24) is 0 Å². The lowest BCUT2D eigenvalue weighted by atomic mass is 9.96. The molecule has 0 saturated heterocycles. The largest absolute Gasteiger partial charge is 0.508 e. The summed E-state index contributed by atoms with van der Waals surface area (Å²) in [6, 6.07) is 3.88. The second-order valence-corrected chi connectivity index (χ2v) is 3.89. The zero-order chi connectivity index (χ0) is 10.7. The third-order valence-electron chi connectivity index (χ3n) is 2.58. The van der Waals surface area contributed by atoms with Gasteiger partial charge in [0.1, 0.15) is 5.75 Å². The minimum atomic E-state index is 0.0966. The molecule has 1 unspecified atom stereocenters. The molecule has 1 rings (SSSR count). The van der Waals surface area contributed by atoms with Gasteiger partial charge in [-0.05, 0) is 43.0 Å². The van der Waals surface area contributed by atoms with Gasteiger partial charge in [0.15, 0.2) is 0 Å². The summed E-state index contributed by atoms with van der Waals surface area (Å²) >= 11 is 0. The Hall–Kier alpha value is -1.02. The van der Waals surface area contributed by atoms with Crippen molar-refractivity contribution < 1.29 is 5.11 Å². The number of aryl methyl sites for hydroxylation is 2. The molecule has 2 nitrogen and oxygen atoms in total. The number of phenolic OH excluding ortho intramolecular Hbond substituents is 1. The number of nitrogens with two attached hydrogens (primary N) is 1. The highest BCUT2D eigenvalue weighted by Crippen LogP contribution is 2.26. The predicted octanol–water partition coefficient (Wildman–Crippen LogP) is 2.81. The first-order chi connectivity index (χ1) is 6.56. The van der Waals surface area contributed by atoms with Crippen LogP contribution in [-0.4, -0.2) is 5.11 Å². The second-order valence-electron chi connectivity index (χ2n) is 3.89. The summed E-state index contributed by atoms with van der Waals surface area (Å²) in [5.74, 6) is 0.356. The molecule has 0 spiro atoms. The van der Waals surface area contributed by atoms with Gasteiger partial charge in [-0.1, -0.05) is 19.4 Å². The predicted molar refractivity (Wildman–Crippen MR) is 59.4 cm³/mol. The molecule has 1 atom stereocenters. The van der Waals surface area contributed by atoms with E-state index in [9.17, 15) is 5.11 Å². The molecular weight excluding hydrogens is 174 g/mol. The van der Waals surface area contributed by atoms with Crippen LogP contribution in [0.2, 0.25) is 0 Å². The minimum Gasteiger partial charge on any atom is -0.508 e. The van der Waals surface area contributed by atoms with Crippen molar-refractivity contribution in [3.8, 4) is 5.75 Å². The molecule has 0 aliphatic rings. The third-order valence-corrected chi connectivity index (χ3v) is 2.58. The Balaban J connectivity index is 3.02. The molecule has 3 N–H and O–H groups in total. The van der Waals surface area contributed by atoms with Crippen LogP contribution in [0.1, 0.15) is 42.5 Å². The molecule has 0 radical (unpaired) electrons. The van der Waals surface area contributed by atoms with E-state index in [0.717, 1.165) is 29.5 Å². The summed E-state index contributed by atoms with van der Waals surface area (Å²) in [7, 11) is 0. The first-order valence-corrected chi connectivity index (χ1v) is 5.12. The van der Waals surface area contributed by atoms with E-state index in [1.54, 1.807) is 6.07 Å². The number of phenols is 1. The maximum Gasteiger partial charge on any atom is 0.118 e. The van der Waals surface area contributed by atoms with Crippen molar-refractivity contribution >= 4 is 0 Å². The first kappa shape index (κ1) is 11.1. The van der Waals surface area contributed by atoms with E-state index in [0.29, 0.717) is 5.75 Å². The van der Waals surface area contributed by atoms with Gasteiger partial charge in [-0.25, -0.2) is 0 Å². The molecule has 0 aromatic heterocycles. The van der Waals surface area contributed by atoms with E-state index in [-0.39, 0.29) is 6.04 Å². The van der Waals surface area contributed by atoms with Gasteiger partial charge >= 0.3 is 0 Å². The fourth-order valence-electron chi connectivity index (χ4n) is 1.69. The molecular formula is C12H19NO. The number of aromatic hydroxyl groups is 1. The summed E-state index contributed by atoms with van der Waals surface area (Å²) in [5, 5.41) is 9.50. The van der Waals surface area contributed by atoms with Gasteiger partial charge in [0.05, 0.1) is 0 Å². The van der Waals surface area contributed by atoms with Gasteiger partial charge in [-0.3, -0.25) is 0 Å². The first-order valence-electron chi connectivity index (χ1n) is 5.12. The summed E-state index contributed by atoms with van der Waals surface area (Å²) < 4.78 is 0. The van der Waals surface area contributed by atoms with Crippen LogP contribution in [0, 0.1) is 13.8 Å². The van der Waals surface area contributed by atoms with Crippen LogP contribution in [0.5, 0.6) is 5.75 Å². The van der Waals surface area contributed by atoms with Gasteiger partial charge < -0.3 is 10.8 Å². The van der Waals surface area contributed by atoms with Crippen molar-refractivity contribution in [2.24, 2.45) is 5.73 Å². The molecule has 14 heavy (non-hydrogen) atoms. The Kier molecular flexibility index (Phi) is 3.53. The molecule has 0 bridgehead atoms. The van der Waals surface area contributed by atoms with Gasteiger partial charge in [-0.15, -0.1) is 0 Å². The smallest absolute Gasteiger partial charge is 0.118 e. The van der Waals surface area contributed by atoms with Crippen LogP contribution in [0.3, 0.4) is 0 Å². The molecule has 0 heterocycles. The van der Waals surface area contributed by atoms with Crippen molar-refractivity contribution in [2.75, 3.05) is 0 Å². The molecule has 2 heteroatoms. The Morgan fingerprint density at radius 2 is 1.93 bits per heavy atom. The van der Waals surface area contributed by atoms with E-state index in [1.165, 1.54) is 0 Å². The molecule has 78 valence electrons. The monoisotopic (exact) mass is 193 g/mol. The standard InChI is InChI=1S/C12H19NO/c1-4-5-11(13)10-6-9(3)12(14)7-8(10)2/h6-7,11,14H,4-5,13H2,1-3H3. The van der Waals surface area contributed by atoms with E-state index in [4.69, 9.17) is 5.73 Å². The van der Waals surface area contributed by atoms with Crippen LogP contribution in [0.25, 0.3) is 0 Å². The van der Waals surface area contributed by atoms with E-state index in [2.05, 4.69) is 6.92 Å². The van der Waals surface area contributed by atoms with Crippen LogP contribution in [-0.2, 0) is 0 Å². The number of benzene rings is 1. The summed E-state index contributed by atoms with van der Waals surface area (Å²) in [4.78, 5) is 0. The quantitative estimate of drug-likeness (QED) is 0.775. The lowest BCUT2D eigenvalue weighted by Gasteiger charge is -2.15. The maximum absolute atomic E-state index is 9.50. The Morgan fingerprint density at radius 1 is 1.29 bits per heavy atom. The highest BCUT2D eigenvalue weighted by atomic mass is 16.3. The number of rotatable bonds is 3. The fraction of sp³-hybridized carbons (Fsp3) is 0.500. The summed E-state index contributed by atoms with van der Waals surface area (Å²) in [6.07, 6.45) is 2.07. The molecule has 0 amide bonds. The van der Waals surface area contributed by atoms with Gasteiger partial charge in [0.25, 0.3) is 0 Å². The summed E-state index contributed by atoms with van der Waals surface area (Å²) in [5.41, 5.74) is 9.18. The molecule has 1 aromatic rings. The molecule has 1 aromatic carbocycles. The lowest BCUT2D eigenvalue weighted by Crippen LogP contribution is -2.11. The van der Waals surface area contributed by atoms with Crippen molar-refractivity contribution in [1.29, 1.82) is 0 Å². The second kappa shape index (κ2) is 4.47. The van der Waals surface area contributed by atoms with Crippen LogP contribution < -0.4 is 5.73 Å². The van der Waals surface area contributed by atoms with Gasteiger partial charge in [0.2, 0.25) is 0 Å². The zero-order valence-corrected chi connectivity index (χ0v) is 9.17. The van der Waals surface area contributed by atoms with E-state index in [1.807, 2.05) is 19.9 Å². The molecule has 0 fully saturated rings. The topological polar surface area (TPSA) is 46.2 Å². The van der Waals surface area contributed by atoms with Crippen LogP contribution in [0.4, 0.5) is 0 Å². The number of hydrogen-bond acceptors (Lipinski definition) is 2. The molecule has 0 saturated carbocycles. The van der Waals surface area contributed by atoms with Crippen molar-refractivity contribution in [3.63, 3.8) is 0 Å². The van der Waals surface area contributed by atoms with Crippen LogP contribution >= 0.6 is 0 Å². The normalized spacial score (nSPS) is 12.9. The Morgan fingerprint density at radius 3 is 2.50 bits per heavy atom. The Bertz CT molecular complexity index is 320. The van der Waals surface area contributed by atoms with Gasteiger partial charge in [-0.2, -0.15) is 0 Å².